The highest BCUT2D eigenvalue weighted by Gasteiger charge is 2.24. The van der Waals surface area contributed by atoms with Crippen LogP contribution in [-0.2, 0) is 0 Å². The average Bonchev–Trinajstić information content (AvgIpc) is 2.84. The molecule has 0 bridgehead atoms. The Kier molecular flexibility index (Phi) is 5.22. The SMILES string of the molecule is CCCNC(C)c1csc(N2CC(C)CC(C)C2)n1. The Morgan fingerprint density at radius 2 is 2.11 bits per heavy atom. The summed E-state index contributed by atoms with van der Waals surface area (Å²) < 4.78 is 0. The summed E-state index contributed by atoms with van der Waals surface area (Å²) in [5.41, 5.74) is 1.19. The number of anilines is 1. The second-order valence-electron chi connectivity index (χ2n) is 6.08. The third kappa shape index (κ3) is 3.93. The van der Waals surface area contributed by atoms with E-state index in [1.165, 1.54) is 23.7 Å². The van der Waals surface area contributed by atoms with Gasteiger partial charge in [0.15, 0.2) is 5.13 Å². The van der Waals surface area contributed by atoms with Gasteiger partial charge in [0, 0.05) is 24.5 Å². The normalized spacial score (nSPS) is 25.6. The number of thiazole rings is 1. The van der Waals surface area contributed by atoms with Gasteiger partial charge < -0.3 is 10.2 Å². The van der Waals surface area contributed by atoms with Crippen molar-refractivity contribution >= 4 is 16.5 Å². The molecule has 1 fully saturated rings. The van der Waals surface area contributed by atoms with Crippen LogP contribution in [-0.4, -0.2) is 24.6 Å². The second-order valence-corrected chi connectivity index (χ2v) is 6.92. The summed E-state index contributed by atoms with van der Waals surface area (Å²) in [6.45, 7) is 12.5. The molecule has 4 heteroatoms. The first kappa shape index (κ1) is 14.8. The van der Waals surface area contributed by atoms with Crippen molar-refractivity contribution in [3.05, 3.63) is 11.1 Å². The van der Waals surface area contributed by atoms with Crippen LogP contribution in [0.5, 0.6) is 0 Å². The summed E-state index contributed by atoms with van der Waals surface area (Å²) in [7, 11) is 0. The van der Waals surface area contributed by atoms with Crippen LogP contribution in [0.4, 0.5) is 5.13 Å². The molecule has 1 aromatic heterocycles. The Morgan fingerprint density at radius 1 is 1.42 bits per heavy atom. The zero-order chi connectivity index (χ0) is 13.8. The monoisotopic (exact) mass is 281 g/mol. The fourth-order valence-electron chi connectivity index (χ4n) is 2.90. The Bertz CT molecular complexity index is 380. The molecule has 3 atom stereocenters. The predicted octanol–water partition coefficient (Wildman–Crippen LogP) is 3.69. The highest BCUT2D eigenvalue weighted by atomic mass is 32.1. The van der Waals surface area contributed by atoms with Gasteiger partial charge in [0.25, 0.3) is 0 Å². The van der Waals surface area contributed by atoms with Crippen LogP contribution in [0.3, 0.4) is 0 Å². The lowest BCUT2D eigenvalue weighted by Crippen LogP contribution is -2.38. The number of nitrogens with zero attached hydrogens (tertiary/aromatic N) is 2. The first-order valence-corrected chi connectivity index (χ1v) is 8.41. The van der Waals surface area contributed by atoms with Gasteiger partial charge in [0.2, 0.25) is 0 Å². The summed E-state index contributed by atoms with van der Waals surface area (Å²) in [5.74, 6) is 1.57. The van der Waals surface area contributed by atoms with Gasteiger partial charge in [0.1, 0.15) is 0 Å². The van der Waals surface area contributed by atoms with Gasteiger partial charge in [-0.1, -0.05) is 20.8 Å². The molecule has 0 saturated carbocycles. The van der Waals surface area contributed by atoms with Crippen molar-refractivity contribution in [3.63, 3.8) is 0 Å². The van der Waals surface area contributed by atoms with Crippen molar-refractivity contribution in [1.82, 2.24) is 10.3 Å². The largest absolute Gasteiger partial charge is 0.348 e. The molecule has 1 aliphatic heterocycles. The van der Waals surface area contributed by atoms with Crippen molar-refractivity contribution in [2.75, 3.05) is 24.5 Å². The standard InChI is InChI=1S/C15H27N3S/c1-5-6-16-13(4)14-10-19-15(17-14)18-8-11(2)7-12(3)9-18/h10-13,16H,5-9H2,1-4H3. The molecule has 108 valence electrons. The van der Waals surface area contributed by atoms with Gasteiger partial charge >= 0.3 is 0 Å². The van der Waals surface area contributed by atoms with E-state index in [1.807, 2.05) is 0 Å². The van der Waals surface area contributed by atoms with Crippen molar-refractivity contribution in [2.45, 2.75) is 46.6 Å². The number of hydrogen-bond donors (Lipinski definition) is 1. The maximum atomic E-state index is 4.84. The van der Waals surface area contributed by atoms with Crippen molar-refractivity contribution in [1.29, 1.82) is 0 Å². The minimum Gasteiger partial charge on any atom is -0.348 e. The Labute approximate surface area is 121 Å². The molecule has 3 unspecified atom stereocenters. The van der Waals surface area contributed by atoms with E-state index in [0.29, 0.717) is 6.04 Å². The van der Waals surface area contributed by atoms with E-state index in [-0.39, 0.29) is 0 Å². The maximum Gasteiger partial charge on any atom is 0.185 e. The molecule has 0 spiro atoms. The van der Waals surface area contributed by atoms with E-state index in [1.54, 1.807) is 11.3 Å². The number of aromatic nitrogens is 1. The number of hydrogen-bond acceptors (Lipinski definition) is 4. The smallest absolute Gasteiger partial charge is 0.185 e. The lowest BCUT2D eigenvalue weighted by Gasteiger charge is -2.34. The summed E-state index contributed by atoms with van der Waals surface area (Å²) in [5, 5.41) is 6.93. The van der Waals surface area contributed by atoms with Gasteiger partial charge in [-0.15, -0.1) is 11.3 Å². The first-order chi connectivity index (χ1) is 9.10. The molecule has 1 aliphatic rings. The lowest BCUT2D eigenvalue weighted by atomic mass is 9.92. The highest BCUT2D eigenvalue weighted by Crippen LogP contribution is 2.30. The van der Waals surface area contributed by atoms with Crippen LogP contribution in [0.15, 0.2) is 5.38 Å². The summed E-state index contributed by atoms with van der Waals surface area (Å²) >= 11 is 1.80. The van der Waals surface area contributed by atoms with E-state index in [0.717, 1.165) is 31.5 Å². The van der Waals surface area contributed by atoms with Crippen molar-refractivity contribution < 1.29 is 0 Å². The number of piperidine rings is 1. The van der Waals surface area contributed by atoms with Gasteiger partial charge in [-0.05, 0) is 38.1 Å². The van der Waals surface area contributed by atoms with E-state index in [4.69, 9.17) is 4.98 Å². The van der Waals surface area contributed by atoms with Crippen LogP contribution in [0.1, 0.15) is 52.3 Å². The molecule has 19 heavy (non-hydrogen) atoms. The summed E-state index contributed by atoms with van der Waals surface area (Å²) in [6.07, 6.45) is 2.52. The fraction of sp³-hybridized carbons (Fsp3) is 0.800. The van der Waals surface area contributed by atoms with E-state index < -0.39 is 0 Å². The third-order valence-corrected chi connectivity index (χ3v) is 4.71. The van der Waals surface area contributed by atoms with Crippen LogP contribution in [0.25, 0.3) is 0 Å². The zero-order valence-corrected chi connectivity index (χ0v) is 13.5. The number of nitrogens with one attached hydrogen (secondary N) is 1. The molecule has 2 heterocycles. The van der Waals surface area contributed by atoms with Crippen LogP contribution in [0.2, 0.25) is 0 Å². The molecule has 0 aliphatic carbocycles. The molecular formula is C15H27N3S. The average molecular weight is 281 g/mol. The molecule has 1 saturated heterocycles. The zero-order valence-electron chi connectivity index (χ0n) is 12.6. The molecule has 0 amide bonds. The Morgan fingerprint density at radius 3 is 2.74 bits per heavy atom. The molecule has 1 aromatic rings. The minimum absolute atomic E-state index is 0.365. The van der Waals surface area contributed by atoms with Gasteiger partial charge in [-0.3, -0.25) is 0 Å². The fourth-order valence-corrected chi connectivity index (χ4v) is 3.84. The number of rotatable bonds is 5. The maximum absolute atomic E-state index is 4.84. The lowest BCUT2D eigenvalue weighted by molar-refractivity contribution is 0.356. The van der Waals surface area contributed by atoms with Crippen LogP contribution in [0, 0.1) is 11.8 Å². The van der Waals surface area contributed by atoms with Crippen molar-refractivity contribution in [3.8, 4) is 0 Å². The van der Waals surface area contributed by atoms with Gasteiger partial charge in [-0.25, -0.2) is 4.98 Å². The first-order valence-electron chi connectivity index (χ1n) is 7.53. The minimum atomic E-state index is 0.365. The molecule has 1 N–H and O–H groups in total. The Balaban J connectivity index is 1.99. The van der Waals surface area contributed by atoms with Gasteiger partial charge in [0.05, 0.1) is 5.69 Å². The second kappa shape index (κ2) is 6.71. The highest BCUT2D eigenvalue weighted by molar-refractivity contribution is 7.13. The molecule has 0 radical (unpaired) electrons. The quantitative estimate of drug-likeness (QED) is 0.892. The molecular weight excluding hydrogens is 254 g/mol. The summed E-state index contributed by atoms with van der Waals surface area (Å²) in [4.78, 5) is 7.31. The van der Waals surface area contributed by atoms with Crippen molar-refractivity contribution in [2.24, 2.45) is 11.8 Å². The topological polar surface area (TPSA) is 28.2 Å². The van der Waals surface area contributed by atoms with E-state index >= 15 is 0 Å². The van der Waals surface area contributed by atoms with Crippen LogP contribution >= 0.6 is 11.3 Å². The Hall–Kier alpha value is -0.610. The molecule has 2 rings (SSSR count). The molecule has 0 aromatic carbocycles. The van der Waals surface area contributed by atoms with Crippen LogP contribution < -0.4 is 10.2 Å². The van der Waals surface area contributed by atoms with E-state index in [2.05, 4.69) is 43.3 Å². The predicted molar refractivity (Wildman–Crippen MR) is 84.0 cm³/mol. The van der Waals surface area contributed by atoms with Gasteiger partial charge in [-0.2, -0.15) is 0 Å². The van der Waals surface area contributed by atoms with E-state index in [9.17, 15) is 0 Å². The third-order valence-electron chi connectivity index (χ3n) is 3.79. The molecule has 3 nitrogen and oxygen atoms in total. The summed E-state index contributed by atoms with van der Waals surface area (Å²) in [6, 6.07) is 0.365.